The normalized spacial score (nSPS) is 27.6. The fourth-order valence-electron chi connectivity index (χ4n) is 1.87. The van der Waals surface area contributed by atoms with Gasteiger partial charge in [-0.1, -0.05) is 0 Å². The average Bonchev–Trinajstić information content (AvgIpc) is 2.19. The van der Waals surface area contributed by atoms with Crippen LogP contribution in [0.1, 0.15) is 18.4 Å². The van der Waals surface area contributed by atoms with Gasteiger partial charge in [-0.25, -0.2) is 0 Å². The van der Waals surface area contributed by atoms with E-state index in [1.165, 1.54) is 0 Å². The summed E-state index contributed by atoms with van der Waals surface area (Å²) in [4.78, 5) is 3.99. The Morgan fingerprint density at radius 3 is 3.07 bits per heavy atom. The van der Waals surface area contributed by atoms with Crippen LogP contribution < -0.4 is 5.32 Å². The molecule has 2 rings (SSSR count). The van der Waals surface area contributed by atoms with Crippen LogP contribution in [-0.2, 0) is 5.60 Å². The van der Waals surface area contributed by atoms with E-state index in [0.717, 1.165) is 29.4 Å². The lowest BCUT2D eigenvalue weighted by molar-refractivity contribution is 0.0115. The molecule has 0 radical (unpaired) electrons. The maximum Gasteiger partial charge on any atom is 0.103 e. The third-order valence-corrected chi connectivity index (χ3v) is 3.27. The first kappa shape index (κ1) is 10.1. The zero-order chi connectivity index (χ0) is 10.0. The largest absolute Gasteiger partial charge is 0.384 e. The molecular weight excluding hydrogens is 244 g/mol. The van der Waals surface area contributed by atoms with Crippen molar-refractivity contribution in [3.63, 3.8) is 0 Å². The quantitative estimate of drug-likeness (QED) is 0.799. The van der Waals surface area contributed by atoms with E-state index in [2.05, 4.69) is 26.2 Å². The monoisotopic (exact) mass is 256 g/mol. The van der Waals surface area contributed by atoms with Crippen LogP contribution in [0.4, 0.5) is 0 Å². The summed E-state index contributed by atoms with van der Waals surface area (Å²) in [6, 6.07) is 1.87. The van der Waals surface area contributed by atoms with Crippen LogP contribution in [0.15, 0.2) is 22.9 Å². The fourth-order valence-corrected chi connectivity index (χ4v) is 2.49. The van der Waals surface area contributed by atoms with Crippen molar-refractivity contribution in [2.75, 3.05) is 13.1 Å². The zero-order valence-electron chi connectivity index (χ0n) is 7.83. The van der Waals surface area contributed by atoms with E-state index in [9.17, 15) is 5.11 Å². The molecular formula is C10H13BrN2O. The van der Waals surface area contributed by atoms with Crippen molar-refractivity contribution in [3.8, 4) is 0 Å². The molecule has 1 saturated heterocycles. The number of aromatic nitrogens is 1. The second-order valence-electron chi connectivity index (χ2n) is 3.67. The Kier molecular flexibility index (Phi) is 2.85. The first-order chi connectivity index (χ1) is 6.72. The van der Waals surface area contributed by atoms with Crippen molar-refractivity contribution < 1.29 is 5.11 Å². The highest BCUT2D eigenvalue weighted by molar-refractivity contribution is 9.10. The van der Waals surface area contributed by atoms with Gasteiger partial charge in [-0.3, -0.25) is 4.98 Å². The van der Waals surface area contributed by atoms with Gasteiger partial charge < -0.3 is 10.4 Å². The molecule has 0 amide bonds. The van der Waals surface area contributed by atoms with Gasteiger partial charge in [0.15, 0.2) is 0 Å². The Labute approximate surface area is 91.7 Å². The number of aliphatic hydroxyl groups is 1. The molecule has 3 nitrogen and oxygen atoms in total. The smallest absolute Gasteiger partial charge is 0.103 e. The molecule has 0 saturated carbocycles. The van der Waals surface area contributed by atoms with Gasteiger partial charge in [-0.15, -0.1) is 0 Å². The topological polar surface area (TPSA) is 45.2 Å². The van der Waals surface area contributed by atoms with Gasteiger partial charge in [0.05, 0.1) is 0 Å². The molecule has 1 aliphatic heterocycles. The first-order valence-corrected chi connectivity index (χ1v) is 5.55. The summed E-state index contributed by atoms with van der Waals surface area (Å²) in [5, 5.41) is 13.6. The Balaban J connectivity index is 2.32. The van der Waals surface area contributed by atoms with Crippen LogP contribution in [0.25, 0.3) is 0 Å². The molecule has 1 aromatic rings. The maximum absolute atomic E-state index is 10.4. The first-order valence-electron chi connectivity index (χ1n) is 4.75. The number of hydrogen-bond donors (Lipinski definition) is 2. The molecule has 1 aliphatic rings. The Hall–Kier alpha value is -0.450. The number of nitrogens with one attached hydrogen (secondary N) is 1. The summed E-state index contributed by atoms with van der Waals surface area (Å²) in [6.45, 7) is 1.61. The summed E-state index contributed by atoms with van der Waals surface area (Å²) in [7, 11) is 0. The third-order valence-electron chi connectivity index (χ3n) is 2.64. The third kappa shape index (κ3) is 1.82. The van der Waals surface area contributed by atoms with Crippen LogP contribution in [-0.4, -0.2) is 23.2 Å². The van der Waals surface area contributed by atoms with Crippen LogP contribution >= 0.6 is 15.9 Å². The number of halogens is 1. The van der Waals surface area contributed by atoms with Gasteiger partial charge in [-0.2, -0.15) is 0 Å². The Morgan fingerprint density at radius 2 is 2.43 bits per heavy atom. The molecule has 0 spiro atoms. The second-order valence-corrected chi connectivity index (χ2v) is 4.52. The molecule has 0 aliphatic carbocycles. The SMILES string of the molecule is OC1(c2ccncc2Br)CCCNC1. The minimum atomic E-state index is -0.736. The highest BCUT2D eigenvalue weighted by Crippen LogP contribution is 2.32. The molecule has 14 heavy (non-hydrogen) atoms. The van der Waals surface area contributed by atoms with Crippen molar-refractivity contribution >= 4 is 15.9 Å². The van der Waals surface area contributed by atoms with Crippen LogP contribution in [0.5, 0.6) is 0 Å². The number of nitrogens with zero attached hydrogens (tertiary/aromatic N) is 1. The lowest BCUT2D eigenvalue weighted by atomic mass is 9.87. The molecule has 4 heteroatoms. The Bertz CT molecular complexity index is 324. The van der Waals surface area contributed by atoms with E-state index in [4.69, 9.17) is 0 Å². The lowest BCUT2D eigenvalue weighted by Crippen LogP contribution is -2.43. The van der Waals surface area contributed by atoms with Gasteiger partial charge in [-0.05, 0) is 41.4 Å². The minimum absolute atomic E-state index is 0.621. The van der Waals surface area contributed by atoms with E-state index in [-0.39, 0.29) is 0 Å². The van der Waals surface area contributed by atoms with Gasteiger partial charge in [0.1, 0.15) is 5.60 Å². The summed E-state index contributed by atoms with van der Waals surface area (Å²) in [5.41, 5.74) is 0.194. The zero-order valence-corrected chi connectivity index (χ0v) is 9.42. The van der Waals surface area contributed by atoms with Gasteiger partial charge >= 0.3 is 0 Å². The van der Waals surface area contributed by atoms with E-state index in [1.807, 2.05) is 6.07 Å². The van der Waals surface area contributed by atoms with E-state index in [1.54, 1.807) is 12.4 Å². The standard InChI is InChI=1S/C10H13BrN2O/c11-9-6-12-5-2-8(9)10(14)3-1-4-13-7-10/h2,5-6,13-14H,1,3-4,7H2. The highest BCUT2D eigenvalue weighted by atomic mass is 79.9. The van der Waals surface area contributed by atoms with E-state index in [0.29, 0.717) is 6.54 Å². The van der Waals surface area contributed by atoms with Crippen LogP contribution in [0.3, 0.4) is 0 Å². The van der Waals surface area contributed by atoms with Crippen molar-refractivity contribution in [1.29, 1.82) is 0 Å². The van der Waals surface area contributed by atoms with Crippen molar-refractivity contribution in [1.82, 2.24) is 10.3 Å². The molecule has 76 valence electrons. The number of hydrogen-bond acceptors (Lipinski definition) is 3. The summed E-state index contributed by atoms with van der Waals surface area (Å²) < 4.78 is 0.881. The second kappa shape index (κ2) is 3.96. The molecule has 2 heterocycles. The summed E-state index contributed by atoms with van der Waals surface area (Å²) >= 11 is 3.42. The molecule has 0 aromatic carbocycles. The van der Waals surface area contributed by atoms with Crippen molar-refractivity contribution in [2.24, 2.45) is 0 Å². The molecule has 2 N–H and O–H groups in total. The highest BCUT2D eigenvalue weighted by Gasteiger charge is 2.32. The minimum Gasteiger partial charge on any atom is -0.384 e. The van der Waals surface area contributed by atoms with Crippen molar-refractivity contribution in [3.05, 3.63) is 28.5 Å². The molecule has 1 fully saturated rings. The van der Waals surface area contributed by atoms with Crippen LogP contribution in [0.2, 0.25) is 0 Å². The summed E-state index contributed by atoms with van der Waals surface area (Å²) in [5.74, 6) is 0. The molecule has 1 aromatic heterocycles. The molecule has 1 unspecified atom stereocenters. The molecule has 1 atom stereocenters. The maximum atomic E-state index is 10.4. The number of β-amino-alcohol motifs (C(OH)–C–C–N with tert-alkyl or cyclic N) is 1. The van der Waals surface area contributed by atoms with Gasteiger partial charge in [0.2, 0.25) is 0 Å². The van der Waals surface area contributed by atoms with Crippen molar-refractivity contribution in [2.45, 2.75) is 18.4 Å². The number of piperidine rings is 1. The molecule has 0 bridgehead atoms. The van der Waals surface area contributed by atoms with Crippen LogP contribution in [0, 0.1) is 0 Å². The van der Waals surface area contributed by atoms with E-state index >= 15 is 0 Å². The number of pyridine rings is 1. The predicted octanol–water partition coefficient (Wildman–Crippen LogP) is 1.42. The average molecular weight is 257 g/mol. The van der Waals surface area contributed by atoms with Gasteiger partial charge in [0.25, 0.3) is 0 Å². The lowest BCUT2D eigenvalue weighted by Gasteiger charge is -2.33. The summed E-state index contributed by atoms with van der Waals surface area (Å²) in [6.07, 6.45) is 5.25. The fraction of sp³-hybridized carbons (Fsp3) is 0.500. The van der Waals surface area contributed by atoms with Gasteiger partial charge in [0, 0.05) is 29.0 Å². The number of rotatable bonds is 1. The Morgan fingerprint density at radius 1 is 1.57 bits per heavy atom. The predicted molar refractivity (Wildman–Crippen MR) is 57.9 cm³/mol. The van der Waals surface area contributed by atoms with E-state index < -0.39 is 5.60 Å².